The van der Waals surface area contributed by atoms with Gasteiger partial charge in [-0.3, -0.25) is 0 Å². The van der Waals surface area contributed by atoms with Gasteiger partial charge in [0.05, 0.1) is 5.02 Å². The smallest absolute Gasteiger partial charge is 0.184 e. The van der Waals surface area contributed by atoms with Crippen LogP contribution in [0.2, 0.25) is 5.02 Å². The monoisotopic (exact) mass is 310 g/mol. The summed E-state index contributed by atoms with van der Waals surface area (Å²) in [7, 11) is 0. The SMILES string of the molecule is Clc1cc2c(c3sc(NC4CCCC4)nc13)OCCO2. The van der Waals surface area contributed by atoms with Gasteiger partial charge in [0, 0.05) is 12.1 Å². The number of rotatable bonds is 2. The molecule has 0 unspecified atom stereocenters. The molecule has 1 aliphatic heterocycles. The Morgan fingerprint density at radius 3 is 2.90 bits per heavy atom. The zero-order valence-corrected chi connectivity index (χ0v) is 12.5. The van der Waals surface area contributed by atoms with Gasteiger partial charge in [-0.25, -0.2) is 4.98 Å². The molecule has 0 radical (unpaired) electrons. The van der Waals surface area contributed by atoms with E-state index in [0.717, 1.165) is 26.8 Å². The third-order valence-corrected chi connectivity index (χ3v) is 5.08. The second-order valence-electron chi connectivity index (χ2n) is 5.21. The summed E-state index contributed by atoms with van der Waals surface area (Å²) in [4.78, 5) is 4.62. The Bertz CT molecular complexity index is 652. The third kappa shape index (κ3) is 2.09. The summed E-state index contributed by atoms with van der Waals surface area (Å²) in [5, 5.41) is 5.07. The van der Waals surface area contributed by atoms with E-state index in [1.54, 1.807) is 17.4 Å². The van der Waals surface area contributed by atoms with Crippen LogP contribution in [0.15, 0.2) is 6.07 Å². The van der Waals surface area contributed by atoms with E-state index in [2.05, 4.69) is 10.3 Å². The lowest BCUT2D eigenvalue weighted by molar-refractivity contribution is 0.174. The van der Waals surface area contributed by atoms with E-state index in [1.807, 2.05) is 0 Å². The highest BCUT2D eigenvalue weighted by molar-refractivity contribution is 7.22. The van der Waals surface area contributed by atoms with Crippen molar-refractivity contribution in [3.63, 3.8) is 0 Å². The van der Waals surface area contributed by atoms with Crippen molar-refractivity contribution in [3.05, 3.63) is 11.1 Å². The molecule has 0 bridgehead atoms. The number of aromatic nitrogens is 1. The van der Waals surface area contributed by atoms with Crippen molar-refractivity contribution in [2.24, 2.45) is 0 Å². The highest BCUT2D eigenvalue weighted by atomic mass is 35.5. The third-order valence-electron chi connectivity index (χ3n) is 3.81. The Morgan fingerprint density at radius 1 is 1.25 bits per heavy atom. The van der Waals surface area contributed by atoms with Crippen molar-refractivity contribution in [2.75, 3.05) is 18.5 Å². The van der Waals surface area contributed by atoms with Crippen LogP contribution in [-0.2, 0) is 0 Å². The number of anilines is 1. The number of nitrogens with zero attached hydrogens (tertiary/aromatic N) is 1. The number of ether oxygens (including phenoxy) is 2. The van der Waals surface area contributed by atoms with Crippen LogP contribution in [0.1, 0.15) is 25.7 Å². The van der Waals surface area contributed by atoms with Crippen molar-refractivity contribution in [2.45, 2.75) is 31.7 Å². The van der Waals surface area contributed by atoms with Crippen LogP contribution < -0.4 is 14.8 Å². The molecule has 2 aliphatic rings. The number of hydrogen-bond donors (Lipinski definition) is 1. The molecule has 0 spiro atoms. The minimum atomic E-state index is 0.544. The molecule has 1 aliphatic carbocycles. The molecule has 1 aromatic heterocycles. The van der Waals surface area contributed by atoms with Crippen LogP contribution in [0.25, 0.3) is 10.2 Å². The van der Waals surface area contributed by atoms with Gasteiger partial charge in [-0.15, -0.1) is 0 Å². The molecule has 1 N–H and O–H groups in total. The molecular formula is C14H15ClN2O2S. The largest absolute Gasteiger partial charge is 0.486 e. The fraction of sp³-hybridized carbons (Fsp3) is 0.500. The van der Waals surface area contributed by atoms with E-state index in [4.69, 9.17) is 21.1 Å². The predicted molar refractivity (Wildman–Crippen MR) is 81.5 cm³/mol. The number of fused-ring (bicyclic) bond motifs is 3. The molecule has 1 aromatic carbocycles. The van der Waals surface area contributed by atoms with E-state index in [1.165, 1.54) is 25.7 Å². The van der Waals surface area contributed by atoms with Crippen molar-refractivity contribution in [1.82, 2.24) is 4.98 Å². The fourth-order valence-electron chi connectivity index (χ4n) is 2.84. The minimum Gasteiger partial charge on any atom is -0.486 e. The van der Waals surface area contributed by atoms with Gasteiger partial charge in [0.1, 0.15) is 23.4 Å². The molecule has 6 heteroatoms. The van der Waals surface area contributed by atoms with Crippen LogP contribution in [0.5, 0.6) is 11.5 Å². The van der Waals surface area contributed by atoms with Gasteiger partial charge in [-0.2, -0.15) is 0 Å². The van der Waals surface area contributed by atoms with E-state index in [9.17, 15) is 0 Å². The van der Waals surface area contributed by atoms with Gasteiger partial charge in [0.25, 0.3) is 0 Å². The maximum Gasteiger partial charge on any atom is 0.184 e. The first-order valence-electron chi connectivity index (χ1n) is 6.96. The number of thiazole rings is 1. The van der Waals surface area contributed by atoms with Crippen molar-refractivity contribution < 1.29 is 9.47 Å². The average molecular weight is 311 g/mol. The first-order chi connectivity index (χ1) is 9.81. The molecule has 1 fully saturated rings. The van der Waals surface area contributed by atoms with Crippen LogP contribution >= 0.6 is 22.9 Å². The molecule has 0 saturated heterocycles. The second kappa shape index (κ2) is 4.97. The Labute approximate surface area is 126 Å². The zero-order chi connectivity index (χ0) is 13.5. The summed E-state index contributed by atoms with van der Waals surface area (Å²) >= 11 is 7.91. The summed E-state index contributed by atoms with van der Waals surface area (Å²) < 4.78 is 12.3. The van der Waals surface area contributed by atoms with Gasteiger partial charge >= 0.3 is 0 Å². The predicted octanol–water partition coefficient (Wildman–Crippen LogP) is 4.08. The molecule has 106 valence electrons. The summed E-state index contributed by atoms with van der Waals surface area (Å²) in [6.45, 7) is 1.15. The normalized spacial score (nSPS) is 18.6. The van der Waals surface area contributed by atoms with E-state index < -0.39 is 0 Å². The Balaban J connectivity index is 1.75. The molecule has 0 atom stereocenters. The lowest BCUT2D eigenvalue weighted by Gasteiger charge is -2.18. The van der Waals surface area contributed by atoms with E-state index >= 15 is 0 Å². The number of halogens is 1. The van der Waals surface area contributed by atoms with Gasteiger partial charge < -0.3 is 14.8 Å². The lowest BCUT2D eigenvalue weighted by Crippen LogP contribution is -2.15. The Hall–Kier alpha value is -1.20. The quantitative estimate of drug-likeness (QED) is 0.908. The summed E-state index contributed by atoms with van der Waals surface area (Å²) in [6.07, 6.45) is 5.05. The summed E-state index contributed by atoms with van der Waals surface area (Å²) in [5.41, 5.74) is 0.807. The fourth-order valence-corrected chi connectivity index (χ4v) is 4.19. The Kier molecular flexibility index (Phi) is 3.11. The molecule has 2 aromatic rings. The standard InChI is InChI=1S/C14H15ClN2O2S/c15-9-7-10-12(19-6-5-18-10)13-11(9)17-14(20-13)16-8-3-1-2-4-8/h7-8H,1-6H2,(H,16,17). The van der Waals surface area contributed by atoms with Gasteiger partial charge in [0.2, 0.25) is 0 Å². The Morgan fingerprint density at radius 2 is 2.05 bits per heavy atom. The topological polar surface area (TPSA) is 43.4 Å². The average Bonchev–Trinajstić information content (AvgIpc) is 3.09. The first-order valence-corrected chi connectivity index (χ1v) is 8.16. The van der Waals surface area contributed by atoms with Crippen LogP contribution in [-0.4, -0.2) is 24.2 Å². The molecule has 4 nitrogen and oxygen atoms in total. The number of nitrogens with one attached hydrogen (secondary N) is 1. The molecule has 4 rings (SSSR count). The van der Waals surface area contributed by atoms with Gasteiger partial charge in [-0.1, -0.05) is 35.8 Å². The van der Waals surface area contributed by atoms with Crippen molar-refractivity contribution in [3.8, 4) is 11.5 Å². The van der Waals surface area contributed by atoms with Crippen LogP contribution in [0, 0.1) is 0 Å². The first kappa shape index (κ1) is 12.5. The van der Waals surface area contributed by atoms with Crippen LogP contribution in [0.3, 0.4) is 0 Å². The molecule has 0 amide bonds. The van der Waals surface area contributed by atoms with Gasteiger partial charge in [-0.05, 0) is 12.8 Å². The summed E-state index contributed by atoms with van der Waals surface area (Å²) in [5.74, 6) is 1.51. The zero-order valence-electron chi connectivity index (χ0n) is 10.9. The van der Waals surface area contributed by atoms with Crippen molar-refractivity contribution in [1.29, 1.82) is 0 Å². The minimum absolute atomic E-state index is 0.544. The highest BCUT2D eigenvalue weighted by Crippen LogP contribution is 2.45. The van der Waals surface area contributed by atoms with Crippen molar-refractivity contribution >= 4 is 38.3 Å². The van der Waals surface area contributed by atoms with E-state index in [-0.39, 0.29) is 0 Å². The van der Waals surface area contributed by atoms with E-state index in [0.29, 0.717) is 24.3 Å². The molecule has 1 saturated carbocycles. The number of benzene rings is 1. The second-order valence-corrected chi connectivity index (χ2v) is 6.61. The number of hydrogen-bond acceptors (Lipinski definition) is 5. The highest BCUT2D eigenvalue weighted by Gasteiger charge is 2.22. The van der Waals surface area contributed by atoms with Crippen LogP contribution in [0.4, 0.5) is 5.13 Å². The maximum atomic E-state index is 6.30. The molecule has 20 heavy (non-hydrogen) atoms. The molecular weight excluding hydrogens is 296 g/mol. The maximum absolute atomic E-state index is 6.30. The van der Waals surface area contributed by atoms with Gasteiger partial charge in [0.15, 0.2) is 16.6 Å². The summed E-state index contributed by atoms with van der Waals surface area (Å²) in [6, 6.07) is 2.35. The molecule has 2 heterocycles. The lowest BCUT2D eigenvalue weighted by atomic mass is 10.2.